The Labute approximate surface area is 169 Å². The highest BCUT2D eigenvalue weighted by atomic mass is 35.5. The number of aromatic nitrogens is 2. The van der Waals surface area contributed by atoms with Crippen LogP contribution in [0.2, 0.25) is 5.02 Å². The molecule has 9 heteroatoms. The number of carbonyl (C=O) groups is 1. The molecule has 3 N–H and O–H groups in total. The van der Waals surface area contributed by atoms with E-state index < -0.39 is 17.3 Å². The van der Waals surface area contributed by atoms with Crippen LogP contribution in [0.15, 0.2) is 58.4 Å². The number of halogens is 1. The fraction of sp³-hybridized carbons (Fsp3) is 0.0526. The second-order valence-corrected chi connectivity index (χ2v) is 6.59. The van der Waals surface area contributed by atoms with Crippen molar-refractivity contribution in [3.8, 4) is 11.6 Å². The van der Waals surface area contributed by atoms with E-state index in [9.17, 15) is 14.7 Å². The van der Waals surface area contributed by atoms with Crippen LogP contribution in [0, 0.1) is 11.7 Å². The largest absolute Gasteiger partial charge is 0.494 e. The van der Waals surface area contributed by atoms with Crippen molar-refractivity contribution in [2.45, 2.75) is 6.92 Å². The first kappa shape index (κ1) is 19.5. The summed E-state index contributed by atoms with van der Waals surface area (Å²) in [7, 11) is 0. The number of rotatable bonds is 4. The Morgan fingerprint density at radius 1 is 1.25 bits per heavy atom. The van der Waals surface area contributed by atoms with Crippen LogP contribution in [0.1, 0.15) is 21.5 Å². The number of nitrogens with one attached hydrogen (secondary N) is 2. The summed E-state index contributed by atoms with van der Waals surface area (Å²) in [5.74, 6) is -0.941. The lowest BCUT2D eigenvalue weighted by molar-refractivity contribution is 0.0955. The number of amides is 1. The molecule has 0 aliphatic carbocycles. The summed E-state index contributed by atoms with van der Waals surface area (Å²) in [6.45, 7) is 1.85. The Bertz CT molecular complexity index is 1200. The molecule has 0 unspecified atom stereocenters. The second-order valence-electron chi connectivity index (χ2n) is 5.80. The van der Waals surface area contributed by atoms with Crippen molar-refractivity contribution in [1.82, 2.24) is 15.0 Å². The van der Waals surface area contributed by atoms with Crippen LogP contribution in [0.4, 0.5) is 0 Å². The molecule has 7 nitrogen and oxygen atoms in total. The highest BCUT2D eigenvalue weighted by molar-refractivity contribution is 7.71. The highest BCUT2D eigenvalue weighted by Gasteiger charge is 2.14. The monoisotopic (exact) mass is 414 g/mol. The Morgan fingerprint density at radius 3 is 2.64 bits per heavy atom. The third-order valence-electron chi connectivity index (χ3n) is 3.96. The number of hydrazone groups is 1. The molecule has 142 valence electrons. The fourth-order valence-corrected chi connectivity index (χ4v) is 3.05. The normalized spacial score (nSPS) is 10.9. The van der Waals surface area contributed by atoms with Crippen LogP contribution in [-0.2, 0) is 0 Å². The number of aromatic hydroxyl groups is 1. The van der Waals surface area contributed by atoms with Gasteiger partial charge in [-0.05, 0) is 42.9 Å². The SMILES string of the molecule is Cc1ccccc1-n1c(O)c(C=NNC(=O)c2ccccc2Cl)c(=O)[nH]c1=S. The molecule has 3 rings (SSSR count). The molecule has 0 fully saturated rings. The molecule has 2 aromatic carbocycles. The van der Waals surface area contributed by atoms with Gasteiger partial charge in [0.25, 0.3) is 11.5 Å². The number of hydrogen-bond acceptors (Lipinski definition) is 5. The van der Waals surface area contributed by atoms with E-state index in [4.69, 9.17) is 23.8 Å². The Kier molecular flexibility index (Phi) is 5.72. The van der Waals surface area contributed by atoms with E-state index in [2.05, 4.69) is 15.5 Å². The summed E-state index contributed by atoms with van der Waals surface area (Å²) < 4.78 is 1.36. The maximum Gasteiger partial charge on any atom is 0.272 e. The van der Waals surface area contributed by atoms with Crippen LogP contribution >= 0.6 is 23.8 Å². The zero-order valence-corrected chi connectivity index (χ0v) is 16.2. The lowest BCUT2D eigenvalue weighted by Gasteiger charge is -2.13. The topological polar surface area (TPSA) is 99.5 Å². The van der Waals surface area contributed by atoms with Gasteiger partial charge in [0.05, 0.1) is 22.5 Å². The van der Waals surface area contributed by atoms with Crippen molar-refractivity contribution in [1.29, 1.82) is 0 Å². The number of hydrogen-bond donors (Lipinski definition) is 3. The molecule has 0 radical (unpaired) electrons. The molecule has 28 heavy (non-hydrogen) atoms. The molecule has 3 aromatic rings. The van der Waals surface area contributed by atoms with Crippen LogP contribution in [-0.4, -0.2) is 26.8 Å². The predicted octanol–water partition coefficient (Wildman–Crippen LogP) is 3.33. The van der Waals surface area contributed by atoms with Crippen molar-refractivity contribution < 1.29 is 9.90 Å². The molecule has 0 atom stereocenters. The zero-order chi connectivity index (χ0) is 20.3. The number of aromatic amines is 1. The first-order valence-corrected chi connectivity index (χ1v) is 8.91. The average Bonchev–Trinajstić information content (AvgIpc) is 2.66. The van der Waals surface area contributed by atoms with E-state index in [-0.39, 0.29) is 20.9 Å². The fourth-order valence-electron chi connectivity index (χ4n) is 2.55. The van der Waals surface area contributed by atoms with E-state index in [0.29, 0.717) is 5.69 Å². The van der Waals surface area contributed by atoms with Crippen molar-refractivity contribution in [3.63, 3.8) is 0 Å². The minimum Gasteiger partial charge on any atom is -0.494 e. The molecule has 0 aliphatic rings. The van der Waals surface area contributed by atoms with Gasteiger partial charge in [-0.25, -0.2) is 5.43 Å². The summed E-state index contributed by atoms with van der Waals surface area (Å²) >= 11 is 11.1. The molecule has 0 spiro atoms. The molecule has 1 aromatic heterocycles. The van der Waals surface area contributed by atoms with Gasteiger partial charge in [0.15, 0.2) is 4.77 Å². The number of nitrogens with zero attached hydrogens (tertiary/aromatic N) is 2. The van der Waals surface area contributed by atoms with Gasteiger partial charge in [0.2, 0.25) is 5.88 Å². The molecule has 1 heterocycles. The van der Waals surface area contributed by atoms with Crippen molar-refractivity contribution >= 4 is 35.9 Å². The van der Waals surface area contributed by atoms with E-state index in [1.807, 2.05) is 19.1 Å². The van der Waals surface area contributed by atoms with Crippen LogP contribution in [0.3, 0.4) is 0 Å². The summed E-state index contributed by atoms with van der Waals surface area (Å²) in [6, 6.07) is 13.7. The van der Waals surface area contributed by atoms with Gasteiger partial charge < -0.3 is 5.11 Å². The average molecular weight is 415 g/mol. The summed E-state index contributed by atoms with van der Waals surface area (Å²) in [6.07, 6.45) is 1.05. The lowest BCUT2D eigenvalue weighted by Crippen LogP contribution is -2.21. The lowest BCUT2D eigenvalue weighted by atomic mass is 10.2. The van der Waals surface area contributed by atoms with Crippen molar-refractivity contribution in [2.75, 3.05) is 0 Å². The van der Waals surface area contributed by atoms with Crippen molar-refractivity contribution in [3.05, 3.63) is 85.4 Å². The smallest absolute Gasteiger partial charge is 0.272 e. The van der Waals surface area contributed by atoms with E-state index in [0.717, 1.165) is 11.8 Å². The number of H-pyrrole nitrogens is 1. The molecule has 0 saturated carbocycles. The van der Waals surface area contributed by atoms with E-state index >= 15 is 0 Å². The van der Waals surface area contributed by atoms with Crippen LogP contribution in [0.25, 0.3) is 5.69 Å². The van der Waals surface area contributed by atoms with Gasteiger partial charge in [0.1, 0.15) is 5.56 Å². The standard InChI is InChI=1S/C19H15ClN4O3S/c1-11-6-2-5-9-15(11)24-18(27)13(16(25)22-19(24)28)10-21-23-17(26)12-7-3-4-8-14(12)20/h2-10,27H,1H3,(H,23,26)(H,22,25,28). The van der Waals surface area contributed by atoms with Crippen LogP contribution in [0.5, 0.6) is 5.88 Å². The van der Waals surface area contributed by atoms with Gasteiger partial charge in [-0.2, -0.15) is 5.10 Å². The zero-order valence-electron chi connectivity index (χ0n) is 14.6. The van der Waals surface area contributed by atoms with E-state index in [1.54, 1.807) is 30.3 Å². The minimum atomic E-state index is -0.636. The predicted molar refractivity (Wildman–Crippen MR) is 110 cm³/mol. The quantitative estimate of drug-likeness (QED) is 0.346. The third-order valence-corrected chi connectivity index (χ3v) is 4.57. The molecule has 1 amide bonds. The summed E-state index contributed by atoms with van der Waals surface area (Å²) in [5, 5.41) is 14.6. The molecular formula is C19H15ClN4O3S. The van der Waals surface area contributed by atoms with Crippen molar-refractivity contribution in [2.24, 2.45) is 5.10 Å². The summed E-state index contributed by atoms with van der Waals surface area (Å²) in [5.41, 5.74) is 3.17. The Hall–Kier alpha value is -3.23. The van der Waals surface area contributed by atoms with E-state index in [1.165, 1.54) is 10.6 Å². The molecule has 0 saturated heterocycles. The number of benzene rings is 2. The molecular weight excluding hydrogens is 400 g/mol. The number of aryl methyl sites for hydroxylation is 1. The van der Waals surface area contributed by atoms with Crippen LogP contribution < -0.4 is 11.0 Å². The Morgan fingerprint density at radius 2 is 1.93 bits per heavy atom. The van der Waals surface area contributed by atoms with Gasteiger partial charge in [-0.1, -0.05) is 41.9 Å². The third kappa shape index (κ3) is 3.88. The highest BCUT2D eigenvalue weighted by Crippen LogP contribution is 2.21. The maximum atomic E-state index is 12.2. The molecule has 0 aliphatic heterocycles. The Balaban J connectivity index is 1.96. The van der Waals surface area contributed by atoms with Gasteiger partial charge in [-0.3, -0.25) is 19.1 Å². The van der Waals surface area contributed by atoms with Gasteiger partial charge in [-0.15, -0.1) is 0 Å². The summed E-state index contributed by atoms with van der Waals surface area (Å²) in [4.78, 5) is 26.8. The van der Waals surface area contributed by atoms with Gasteiger partial charge >= 0.3 is 0 Å². The second kappa shape index (κ2) is 8.20. The van der Waals surface area contributed by atoms with Gasteiger partial charge in [0, 0.05) is 0 Å². The number of para-hydroxylation sites is 1. The molecule has 0 bridgehead atoms. The first-order chi connectivity index (χ1) is 13.4. The first-order valence-electron chi connectivity index (χ1n) is 8.12. The maximum absolute atomic E-state index is 12.2. The minimum absolute atomic E-state index is 0.0362. The number of carbonyl (C=O) groups excluding carboxylic acids is 1.